The number of aromatic nitrogens is 2. The van der Waals surface area contributed by atoms with Gasteiger partial charge in [-0.2, -0.15) is 0 Å². The zero-order valence-corrected chi connectivity index (χ0v) is 12.7. The molecule has 0 aliphatic rings. The molecule has 1 rings (SSSR count). The Morgan fingerprint density at radius 3 is 2.33 bits per heavy atom. The third-order valence-corrected chi connectivity index (χ3v) is 3.81. The predicted octanol–water partition coefficient (Wildman–Crippen LogP) is 2.19. The number of aryl methyl sites for hydroxylation is 1. The van der Waals surface area contributed by atoms with Gasteiger partial charge < -0.3 is 9.88 Å². The lowest BCUT2D eigenvalue weighted by atomic mass is 9.91. The fourth-order valence-electron chi connectivity index (χ4n) is 2.74. The summed E-state index contributed by atoms with van der Waals surface area (Å²) >= 11 is 0. The first-order valence-electron chi connectivity index (χ1n) is 6.94. The number of hydrogen-bond donors (Lipinski definition) is 1. The lowest BCUT2D eigenvalue weighted by Gasteiger charge is -2.43. The predicted molar refractivity (Wildman–Crippen MR) is 76.6 cm³/mol. The maximum absolute atomic E-state index is 4.53. The molecule has 0 amide bonds. The van der Waals surface area contributed by atoms with E-state index in [1.807, 2.05) is 12.4 Å². The molecule has 4 nitrogen and oxygen atoms in total. The molecule has 0 spiro atoms. The summed E-state index contributed by atoms with van der Waals surface area (Å²) in [5.74, 6) is 1.11. The van der Waals surface area contributed by atoms with Crippen molar-refractivity contribution in [3.63, 3.8) is 0 Å². The molecule has 0 aliphatic carbocycles. The first-order valence-corrected chi connectivity index (χ1v) is 6.94. The van der Waals surface area contributed by atoms with E-state index in [9.17, 15) is 0 Å². The van der Waals surface area contributed by atoms with Gasteiger partial charge in [0.1, 0.15) is 5.82 Å². The third-order valence-electron chi connectivity index (χ3n) is 3.81. The highest BCUT2D eigenvalue weighted by Crippen LogP contribution is 2.29. The van der Waals surface area contributed by atoms with Crippen molar-refractivity contribution in [3.8, 4) is 0 Å². The molecule has 0 aromatic carbocycles. The van der Waals surface area contributed by atoms with Crippen LogP contribution in [0.15, 0.2) is 12.4 Å². The van der Waals surface area contributed by atoms with E-state index in [2.05, 4.69) is 61.4 Å². The Labute approximate surface area is 111 Å². The van der Waals surface area contributed by atoms with Gasteiger partial charge in [-0.15, -0.1) is 0 Å². The highest BCUT2D eigenvalue weighted by Gasteiger charge is 2.36. The van der Waals surface area contributed by atoms with Crippen LogP contribution in [-0.4, -0.2) is 39.6 Å². The largest absolute Gasteiger partial charge is 0.337 e. The maximum atomic E-state index is 4.53. The number of hydrogen-bond acceptors (Lipinski definition) is 3. The number of rotatable bonds is 7. The fourth-order valence-corrected chi connectivity index (χ4v) is 2.74. The van der Waals surface area contributed by atoms with Crippen molar-refractivity contribution in [3.05, 3.63) is 18.2 Å². The topological polar surface area (TPSA) is 33.1 Å². The molecule has 0 radical (unpaired) electrons. The SMILES string of the molecule is CCNC(c1nccn1C)C(C)(C)N(CC)CC. The van der Waals surface area contributed by atoms with Crippen LogP contribution >= 0.6 is 0 Å². The lowest BCUT2D eigenvalue weighted by Crippen LogP contribution is -2.53. The van der Waals surface area contributed by atoms with Crippen LogP contribution in [0.3, 0.4) is 0 Å². The lowest BCUT2D eigenvalue weighted by molar-refractivity contribution is 0.0872. The summed E-state index contributed by atoms with van der Waals surface area (Å²) in [5.41, 5.74) is 0.0403. The average molecular weight is 252 g/mol. The smallest absolute Gasteiger partial charge is 0.127 e. The summed E-state index contributed by atoms with van der Waals surface area (Å²) in [6, 6.07) is 0.238. The number of nitrogens with zero attached hydrogens (tertiary/aromatic N) is 3. The zero-order valence-electron chi connectivity index (χ0n) is 12.7. The summed E-state index contributed by atoms with van der Waals surface area (Å²) in [4.78, 5) is 7.01. The van der Waals surface area contributed by atoms with Crippen LogP contribution in [0.5, 0.6) is 0 Å². The first kappa shape index (κ1) is 15.2. The molecule has 1 heterocycles. The van der Waals surface area contributed by atoms with E-state index in [1.165, 1.54) is 0 Å². The second-order valence-electron chi connectivity index (χ2n) is 5.21. The molecule has 1 unspecified atom stereocenters. The van der Waals surface area contributed by atoms with E-state index in [4.69, 9.17) is 0 Å². The first-order chi connectivity index (χ1) is 8.48. The van der Waals surface area contributed by atoms with Crippen LogP contribution in [-0.2, 0) is 7.05 Å². The maximum Gasteiger partial charge on any atom is 0.127 e. The van der Waals surface area contributed by atoms with Gasteiger partial charge in [0.2, 0.25) is 0 Å². The third kappa shape index (κ3) is 2.93. The summed E-state index contributed by atoms with van der Waals surface area (Å²) in [7, 11) is 2.06. The Hall–Kier alpha value is -0.870. The van der Waals surface area contributed by atoms with Crippen molar-refractivity contribution in [2.45, 2.75) is 46.2 Å². The molecule has 0 bridgehead atoms. The zero-order chi connectivity index (χ0) is 13.8. The van der Waals surface area contributed by atoms with E-state index < -0.39 is 0 Å². The molecular weight excluding hydrogens is 224 g/mol. The number of nitrogens with one attached hydrogen (secondary N) is 1. The highest BCUT2D eigenvalue weighted by molar-refractivity contribution is 5.08. The van der Waals surface area contributed by atoms with Crippen LogP contribution in [0.1, 0.15) is 46.5 Å². The van der Waals surface area contributed by atoms with Crippen LogP contribution < -0.4 is 5.32 Å². The van der Waals surface area contributed by atoms with Gasteiger partial charge in [-0.25, -0.2) is 4.98 Å². The van der Waals surface area contributed by atoms with E-state index in [0.29, 0.717) is 0 Å². The van der Waals surface area contributed by atoms with E-state index >= 15 is 0 Å². The van der Waals surface area contributed by atoms with Crippen molar-refractivity contribution in [1.29, 1.82) is 0 Å². The molecular formula is C14H28N4. The van der Waals surface area contributed by atoms with Gasteiger partial charge >= 0.3 is 0 Å². The quantitative estimate of drug-likeness (QED) is 0.807. The molecule has 18 heavy (non-hydrogen) atoms. The summed E-state index contributed by atoms with van der Waals surface area (Å²) in [5, 5.41) is 3.59. The Balaban J connectivity index is 3.08. The minimum Gasteiger partial charge on any atom is -0.337 e. The van der Waals surface area contributed by atoms with Crippen LogP contribution in [0.25, 0.3) is 0 Å². The van der Waals surface area contributed by atoms with Gasteiger partial charge in [0, 0.05) is 25.0 Å². The van der Waals surface area contributed by atoms with Crippen molar-refractivity contribution >= 4 is 0 Å². The van der Waals surface area contributed by atoms with E-state index in [0.717, 1.165) is 25.5 Å². The summed E-state index contributed by atoms with van der Waals surface area (Å²) in [6.45, 7) is 14.2. The van der Waals surface area contributed by atoms with Gasteiger partial charge in [0.15, 0.2) is 0 Å². The second-order valence-corrected chi connectivity index (χ2v) is 5.21. The highest BCUT2D eigenvalue weighted by atomic mass is 15.2. The molecule has 4 heteroatoms. The van der Waals surface area contributed by atoms with E-state index in [-0.39, 0.29) is 11.6 Å². The molecule has 104 valence electrons. The van der Waals surface area contributed by atoms with Gasteiger partial charge in [-0.05, 0) is 33.5 Å². The summed E-state index contributed by atoms with van der Waals surface area (Å²) < 4.78 is 2.11. The molecule has 1 atom stereocenters. The number of likely N-dealkylation sites (N-methyl/N-ethyl adjacent to an activating group) is 2. The standard InChI is InChI=1S/C14H28N4/c1-7-15-12(13-16-10-11-17(13)6)14(4,5)18(8-2)9-3/h10-12,15H,7-9H2,1-6H3. The minimum absolute atomic E-state index is 0.0403. The van der Waals surface area contributed by atoms with Crippen LogP contribution in [0.4, 0.5) is 0 Å². The average Bonchev–Trinajstić information content (AvgIpc) is 2.73. The number of imidazole rings is 1. The Morgan fingerprint density at radius 2 is 1.94 bits per heavy atom. The Morgan fingerprint density at radius 1 is 1.33 bits per heavy atom. The molecule has 1 N–H and O–H groups in total. The van der Waals surface area contributed by atoms with Crippen LogP contribution in [0.2, 0.25) is 0 Å². The Kier molecular flexibility index (Phi) is 5.35. The van der Waals surface area contributed by atoms with Crippen LogP contribution in [0, 0.1) is 0 Å². The fraction of sp³-hybridized carbons (Fsp3) is 0.786. The van der Waals surface area contributed by atoms with E-state index in [1.54, 1.807) is 0 Å². The molecule has 0 saturated heterocycles. The minimum atomic E-state index is 0.0403. The summed E-state index contributed by atoms with van der Waals surface area (Å²) in [6.07, 6.45) is 3.88. The Bertz CT molecular complexity index is 352. The molecule has 1 aromatic rings. The van der Waals surface area contributed by atoms with Crippen molar-refractivity contribution in [2.24, 2.45) is 7.05 Å². The molecule has 1 aromatic heterocycles. The second kappa shape index (κ2) is 6.34. The normalized spacial score (nSPS) is 14.2. The molecule has 0 saturated carbocycles. The van der Waals surface area contributed by atoms with Gasteiger partial charge in [-0.1, -0.05) is 20.8 Å². The van der Waals surface area contributed by atoms with Gasteiger partial charge in [0.05, 0.1) is 6.04 Å². The van der Waals surface area contributed by atoms with Crippen molar-refractivity contribution < 1.29 is 0 Å². The van der Waals surface area contributed by atoms with Gasteiger partial charge in [-0.3, -0.25) is 4.90 Å². The van der Waals surface area contributed by atoms with Crippen molar-refractivity contribution in [2.75, 3.05) is 19.6 Å². The monoisotopic (exact) mass is 252 g/mol. The molecule has 0 aliphatic heterocycles. The van der Waals surface area contributed by atoms with Crippen molar-refractivity contribution in [1.82, 2.24) is 19.8 Å². The molecule has 0 fully saturated rings. The van der Waals surface area contributed by atoms with Gasteiger partial charge in [0.25, 0.3) is 0 Å².